The Morgan fingerprint density at radius 2 is 1.16 bits per heavy atom. The predicted molar refractivity (Wildman–Crippen MR) is 193 cm³/mol. The first-order chi connectivity index (χ1) is 21.8. The SMILES string of the molecule is CC(C)[Si](C#Cc1c2cc3ccccc3cc2c(-c2cn(-c3cccnc3)nn2)c2cc3ccccc3cc12)(C(C)C)C(C)C. The predicted octanol–water partition coefficient (Wildman–Crippen LogP) is 10.5. The Balaban J connectivity index is 1.64. The molecule has 4 nitrogen and oxygen atoms in total. The van der Waals surface area contributed by atoms with Crippen LogP contribution in [-0.2, 0) is 0 Å². The van der Waals surface area contributed by atoms with E-state index >= 15 is 0 Å². The van der Waals surface area contributed by atoms with Crippen molar-refractivity contribution >= 4 is 51.2 Å². The van der Waals surface area contributed by atoms with Crippen LogP contribution in [0, 0.1) is 11.5 Å². The van der Waals surface area contributed by atoms with E-state index in [4.69, 9.17) is 5.10 Å². The summed E-state index contributed by atoms with van der Waals surface area (Å²) >= 11 is 0. The van der Waals surface area contributed by atoms with E-state index < -0.39 is 8.07 Å². The molecule has 0 amide bonds. The van der Waals surface area contributed by atoms with Gasteiger partial charge in [-0.25, -0.2) is 4.68 Å². The summed E-state index contributed by atoms with van der Waals surface area (Å²) in [4.78, 5) is 4.30. The molecule has 7 rings (SSSR count). The fourth-order valence-corrected chi connectivity index (χ4v) is 12.8. The second-order valence-electron chi connectivity index (χ2n) is 13.1. The highest BCUT2D eigenvalue weighted by molar-refractivity contribution is 6.90. The number of hydrogen-bond acceptors (Lipinski definition) is 3. The van der Waals surface area contributed by atoms with Crippen LogP contribution in [0.3, 0.4) is 0 Å². The number of pyridine rings is 1. The van der Waals surface area contributed by atoms with Crippen LogP contribution in [0.4, 0.5) is 0 Å². The lowest BCUT2D eigenvalue weighted by Gasteiger charge is -2.38. The molecule has 45 heavy (non-hydrogen) atoms. The van der Waals surface area contributed by atoms with Crippen LogP contribution in [0.25, 0.3) is 60.0 Å². The summed E-state index contributed by atoms with van der Waals surface area (Å²) in [6, 6.07) is 30.4. The van der Waals surface area contributed by atoms with Gasteiger partial charge in [-0.15, -0.1) is 10.6 Å². The molecule has 0 N–H and O–H groups in total. The van der Waals surface area contributed by atoms with Gasteiger partial charge in [0, 0.05) is 17.3 Å². The largest absolute Gasteiger partial charge is 0.262 e. The molecule has 0 fully saturated rings. The normalized spacial score (nSPS) is 12.2. The number of nitrogens with zero attached hydrogens (tertiary/aromatic N) is 4. The van der Waals surface area contributed by atoms with Crippen molar-refractivity contribution in [2.24, 2.45) is 0 Å². The fraction of sp³-hybridized carbons (Fsp3) is 0.225. The minimum absolute atomic E-state index is 0.547. The summed E-state index contributed by atoms with van der Waals surface area (Å²) in [6.45, 7) is 14.3. The Bertz CT molecular complexity index is 2150. The van der Waals surface area contributed by atoms with Crippen molar-refractivity contribution in [1.82, 2.24) is 20.0 Å². The maximum atomic E-state index is 4.76. The molecule has 7 aromatic rings. The van der Waals surface area contributed by atoms with Gasteiger partial charge in [0.05, 0.1) is 18.1 Å². The lowest BCUT2D eigenvalue weighted by atomic mass is 9.88. The molecule has 0 saturated heterocycles. The molecule has 2 aromatic heterocycles. The van der Waals surface area contributed by atoms with Gasteiger partial charge < -0.3 is 0 Å². The van der Waals surface area contributed by atoms with E-state index in [1.807, 2.05) is 29.2 Å². The monoisotopic (exact) mass is 602 g/mol. The Kier molecular flexibility index (Phi) is 7.26. The molecule has 0 spiro atoms. The Morgan fingerprint density at radius 1 is 0.644 bits per heavy atom. The van der Waals surface area contributed by atoms with Crippen molar-refractivity contribution in [1.29, 1.82) is 0 Å². The number of benzene rings is 5. The molecule has 0 unspecified atom stereocenters. The van der Waals surface area contributed by atoms with E-state index in [-0.39, 0.29) is 0 Å². The van der Waals surface area contributed by atoms with Crippen molar-refractivity contribution in [2.75, 3.05) is 0 Å². The third-order valence-electron chi connectivity index (χ3n) is 9.78. The van der Waals surface area contributed by atoms with Crippen molar-refractivity contribution in [3.63, 3.8) is 0 Å². The zero-order valence-electron chi connectivity index (χ0n) is 26.8. The van der Waals surface area contributed by atoms with Crippen LogP contribution in [0.5, 0.6) is 0 Å². The molecule has 0 aliphatic rings. The summed E-state index contributed by atoms with van der Waals surface area (Å²) in [6.07, 6.45) is 5.60. The van der Waals surface area contributed by atoms with Gasteiger partial charge in [-0.05, 0) is 96.1 Å². The molecule has 0 bridgehead atoms. The van der Waals surface area contributed by atoms with Crippen molar-refractivity contribution in [3.8, 4) is 28.4 Å². The highest BCUT2D eigenvalue weighted by Gasteiger charge is 2.41. The molecule has 5 aromatic carbocycles. The van der Waals surface area contributed by atoms with E-state index in [9.17, 15) is 0 Å². The van der Waals surface area contributed by atoms with Crippen molar-refractivity contribution in [3.05, 3.63) is 109 Å². The molecular weight excluding hydrogens is 565 g/mol. The van der Waals surface area contributed by atoms with Gasteiger partial charge in [-0.3, -0.25) is 4.98 Å². The summed E-state index contributed by atoms with van der Waals surface area (Å²) in [5.74, 6) is 3.92. The minimum Gasteiger partial charge on any atom is -0.262 e. The summed E-state index contributed by atoms with van der Waals surface area (Å²) in [5.41, 5.74) is 9.60. The molecule has 0 aliphatic carbocycles. The number of fused-ring (bicyclic) bond motifs is 4. The van der Waals surface area contributed by atoms with Gasteiger partial charge in [0.2, 0.25) is 0 Å². The number of aromatic nitrogens is 4. The van der Waals surface area contributed by atoms with Crippen LogP contribution in [0.1, 0.15) is 47.1 Å². The lowest BCUT2D eigenvalue weighted by molar-refractivity contribution is 0.800. The Labute approximate surface area is 266 Å². The van der Waals surface area contributed by atoms with Crippen molar-refractivity contribution < 1.29 is 0 Å². The van der Waals surface area contributed by atoms with Gasteiger partial charge in [0.25, 0.3) is 0 Å². The van der Waals surface area contributed by atoms with Crippen LogP contribution >= 0.6 is 0 Å². The van der Waals surface area contributed by atoms with Crippen LogP contribution < -0.4 is 0 Å². The smallest absolute Gasteiger partial charge is 0.146 e. The summed E-state index contributed by atoms with van der Waals surface area (Å²) < 4.78 is 1.81. The Morgan fingerprint density at radius 3 is 1.62 bits per heavy atom. The van der Waals surface area contributed by atoms with Gasteiger partial charge in [0.15, 0.2) is 0 Å². The maximum absolute atomic E-state index is 4.76. The highest BCUT2D eigenvalue weighted by Crippen LogP contribution is 2.44. The zero-order chi connectivity index (χ0) is 31.3. The van der Waals surface area contributed by atoms with E-state index in [0.29, 0.717) is 16.6 Å². The standard InChI is InChI=1S/C40H38N4Si/c1-26(2)45(27(3)4,28(5)6)19-17-34-35-20-29-12-7-9-14-31(29)22-37(35)40(38-23-32-15-10-8-13-30(32)21-36(34)38)39-25-44(43-42-39)33-16-11-18-41-24-33/h7-16,18,20-28H,1-6H3. The molecule has 0 atom stereocenters. The lowest BCUT2D eigenvalue weighted by Crippen LogP contribution is -2.43. The van der Waals surface area contributed by atoms with Crippen LogP contribution in [0.15, 0.2) is 104 Å². The third-order valence-corrected chi connectivity index (χ3v) is 16.1. The summed E-state index contributed by atoms with van der Waals surface area (Å²) in [5, 5.41) is 18.7. The first-order valence-electron chi connectivity index (χ1n) is 15.9. The first-order valence-corrected chi connectivity index (χ1v) is 18.2. The first kappa shape index (κ1) is 28.9. The van der Waals surface area contributed by atoms with Crippen LogP contribution in [0.2, 0.25) is 16.6 Å². The molecule has 2 heterocycles. The molecule has 0 radical (unpaired) electrons. The third kappa shape index (κ3) is 4.81. The highest BCUT2D eigenvalue weighted by atomic mass is 28.3. The van der Waals surface area contributed by atoms with Gasteiger partial charge in [-0.2, -0.15) is 0 Å². The topological polar surface area (TPSA) is 43.6 Å². The van der Waals surface area contributed by atoms with E-state index in [1.54, 1.807) is 6.20 Å². The molecule has 222 valence electrons. The maximum Gasteiger partial charge on any atom is 0.146 e. The second-order valence-corrected chi connectivity index (χ2v) is 18.7. The van der Waals surface area contributed by atoms with E-state index in [1.165, 1.54) is 21.5 Å². The van der Waals surface area contributed by atoms with Gasteiger partial charge in [-0.1, -0.05) is 101 Å². The molecular formula is C40H38N4Si. The zero-order valence-corrected chi connectivity index (χ0v) is 27.8. The van der Waals surface area contributed by atoms with Gasteiger partial charge in [0.1, 0.15) is 13.8 Å². The molecule has 0 aliphatic heterocycles. The van der Waals surface area contributed by atoms with Crippen LogP contribution in [-0.4, -0.2) is 28.1 Å². The van der Waals surface area contributed by atoms with Crippen molar-refractivity contribution in [2.45, 2.75) is 58.2 Å². The number of hydrogen-bond donors (Lipinski definition) is 0. The van der Waals surface area contributed by atoms with E-state index in [2.05, 4.69) is 136 Å². The summed E-state index contributed by atoms with van der Waals surface area (Å²) in [7, 11) is -2.00. The second kappa shape index (κ2) is 11.3. The number of rotatable bonds is 5. The fourth-order valence-electron chi connectivity index (χ4n) is 7.61. The van der Waals surface area contributed by atoms with Gasteiger partial charge >= 0.3 is 0 Å². The molecule has 0 saturated carbocycles. The Hall–Kier alpha value is -4.79. The van der Waals surface area contributed by atoms with E-state index in [0.717, 1.165) is 44.1 Å². The minimum atomic E-state index is -2.00. The average Bonchev–Trinajstić information content (AvgIpc) is 3.53. The quantitative estimate of drug-likeness (QED) is 0.112. The average molecular weight is 603 g/mol. The molecule has 5 heteroatoms.